The van der Waals surface area contributed by atoms with Crippen molar-refractivity contribution in [3.05, 3.63) is 146 Å². The maximum atomic E-state index is 14.3. The van der Waals surface area contributed by atoms with Crippen LogP contribution in [0.5, 0.6) is 11.5 Å². The number of aromatic nitrogens is 4. The first kappa shape index (κ1) is 47.0. The van der Waals surface area contributed by atoms with Gasteiger partial charge in [-0.05, 0) is 98.8 Å². The van der Waals surface area contributed by atoms with E-state index < -0.39 is 23.1 Å². The molecule has 0 saturated carbocycles. The van der Waals surface area contributed by atoms with Crippen LogP contribution in [0, 0.1) is 17.5 Å². The van der Waals surface area contributed by atoms with Crippen LogP contribution in [-0.2, 0) is 14.3 Å². The summed E-state index contributed by atoms with van der Waals surface area (Å²) in [6, 6.07) is 24.7. The van der Waals surface area contributed by atoms with Gasteiger partial charge in [-0.25, -0.2) is 23.1 Å². The number of nitrogens with zero attached hydrogens (tertiary/aromatic N) is 4. The van der Waals surface area contributed by atoms with E-state index in [0.29, 0.717) is 46.5 Å². The standard InChI is InChI=1S/C23H24FN5O3.C22H21F2N5O3/c1-4-20(31)26-16-6-5-7-17(12-16)27-21-19(24)13-25-22(29-21)28-15-8-10-18(11-9-15)32-23(2,3)14-30;1-3-20(30)26-14-5-4-6-15(11-14)27-21-18(24)13-25-22(29-21)28-16-7-8-19(17(23)12-16)32-10-9-31-2/h4-13,30H,1,14H2,2-3H3,(H,26,31)(H2,25,27,28,29);3-8,11-13H,1,9-10H2,2H3,(H,26,30)(H2,25,27,28,29). The van der Waals surface area contributed by atoms with Gasteiger partial charge in [-0.1, -0.05) is 25.3 Å². The molecule has 0 radical (unpaired) electrons. The van der Waals surface area contributed by atoms with E-state index in [-0.39, 0.29) is 54.3 Å². The lowest BCUT2D eigenvalue weighted by molar-refractivity contribution is -0.112. The van der Waals surface area contributed by atoms with Crippen LogP contribution in [0.1, 0.15) is 13.8 Å². The number of halogens is 3. The Labute approximate surface area is 366 Å². The zero-order chi connectivity index (χ0) is 46.1. The van der Waals surface area contributed by atoms with Gasteiger partial charge in [0.2, 0.25) is 23.7 Å². The summed E-state index contributed by atoms with van der Waals surface area (Å²) in [6.07, 6.45) is 4.35. The molecule has 4 aromatic carbocycles. The molecular formula is C45H45F3N10O6. The third-order valence-electron chi connectivity index (χ3n) is 8.26. The molecular weight excluding hydrogens is 834 g/mol. The van der Waals surface area contributed by atoms with Crippen molar-refractivity contribution in [2.24, 2.45) is 0 Å². The number of hydrogen-bond donors (Lipinski definition) is 7. The summed E-state index contributed by atoms with van der Waals surface area (Å²) < 4.78 is 58.6. The number of ether oxygens (including phenoxy) is 3. The average Bonchev–Trinajstić information content (AvgIpc) is 3.28. The van der Waals surface area contributed by atoms with Crippen molar-refractivity contribution in [1.29, 1.82) is 0 Å². The van der Waals surface area contributed by atoms with Gasteiger partial charge in [0.25, 0.3) is 0 Å². The summed E-state index contributed by atoms with van der Waals surface area (Å²) in [5.74, 6) is -1.83. The van der Waals surface area contributed by atoms with Crippen molar-refractivity contribution in [1.82, 2.24) is 19.9 Å². The molecule has 0 spiro atoms. The third-order valence-corrected chi connectivity index (χ3v) is 8.26. The van der Waals surface area contributed by atoms with Gasteiger partial charge in [0.05, 0.1) is 25.6 Å². The summed E-state index contributed by atoms with van der Waals surface area (Å²) in [7, 11) is 1.52. The third kappa shape index (κ3) is 14.6. The number of carbonyl (C=O) groups excluding carboxylic acids is 2. The summed E-state index contributed by atoms with van der Waals surface area (Å²) in [5.41, 5.74) is 2.37. The average molecular weight is 879 g/mol. The fraction of sp³-hybridized carbons (Fsp3) is 0.156. The summed E-state index contributed by atoms with van der Waals surface area (Å²) in [4.78, 5) is 39.1. The Bertz CT molecular complexity index is 2560. The van der Waals surface area contributed by atoms with E-state index in [0.717, 1.165) is 24.5 Å². The van der Waals surface area contributed by atoms with Gasteiger partial charge in [-0.3, -0.25) is 9.59 Å². The zero-order valence-corrected chi connectivity index (χ0v) is 34.9. The number of amides is 2. The van der Waals surface area contributed by atoms with E-state index in [1.54, 1.807) is 92.7 Å². The highest BCUT2D eigenvalue weighted by Crippen LogP contribution is 2.27. The monoisotopic (exact) mass is 878 g/mol. The van der Waals surface area contributed by atoms with Gasteiger partial charge >= 0.3 is 0 Å². The van der Waals surface area contributed by atoms with Crippen LogP contribution in [0.25, 0.3) is 0 Å². The van der Waals surface area contributed by atoms with Crippen molar-refractivity contribution in [2.45, 2.75) is 19.4 Å². The molecule has 6 rings (SSSR count). The molecule has 6 aromatic rings. The minimum absolute atomic E-state index is 0.0284. The first-order chi connectivity index (χ1) is 30.8. The van der Waals surface area contributed by atoms with Gasteiger partial charge in [0.1, 0.15) is 18.0 Å². The van der Waals surface area contributed by atoms with Crippen LogP contribution in [0.15, 0.2) is 129 Å². The number of benzene rings is 4. The lowest BCUT2D eigenvalue weighted by atomic mass is 10.1. The molecule has 2 amide bonds. The Kier molecular flexibility index (Phi) is 16.7. The lowest BCUT2D eigenvalue weighted by Gasteiger charge is -2.23. The Morgan fingerprint density at radius 3 is 1.62 bits per heavy atom. The Morgan fingerprint density at radius 1 is 0.656 bits per heavy atom. The van der Waals surface area contributed by atoms with E-state index in [2.05, 4.69) is 65.0 Å². The number of nitrogens with one attached hydrogen (secondary N) is 6. The summed E-state index contributed by atoms with van der Waals surface area (Å²) in [6.45, 7) is 10.8. The molecule has 0 unspecified atom stereocenters. The van der Waals surface area contributed by atoms with Crippen LogP contribution in [0.2, 0.25) is 0 Å². The summed E-state index contributed by atoms with van der Waals surface area (Å²) in [5, 5.41) is 26.1. The molecule has 0 aliphatic carbocycles. The Morgan fingerprint density at radius 2 is 1.14 bits per heavy atom. The van der Waals surface area contributed by atoms with Crippen LogP contribution >= 0.6 is 0 Å². The quantitative estimate of drug-likeness (QED) is 0.0300. The molecule has 0 fully saturated rings. The molecule has 64 heavy (non-hydrogen) atoms. The SMILES string of the molecule is C=CC(=O)Nc1cccc(Nc2nc(Nc3ccc(OC(C)(C)CO)cc3)ncc2F)c1.C=CC(=O)Nc1cccc(Nc2nc(Nc3ccc(OCCOC)c(F)c3)ncc2F)c1. The van der Waals surface area contributed by atoms with E-state index in [1.807, 2.05) is 0 Å². The molecule has 19 heteroatoms. The molecule has 16 nitrogen and oxygen atoms in total. The second kappa shape index (κ2) is 22.7. The molecule has 332 valence electrons. The van der Waals surface area contributed by atoms with Crippen LogP contribution < -0.4 is 41.4 Å². The van der Waals surface area contributed by atoms with Crippen LogP contribution in [0.4, 0.5) is 70.8 Å². The Hall–Kier alpha value is -8.03. The van der Waals surface area contributed by atoms with Gasteiger partial charge in [0.15, 0.2) is 34.8 Å². The number of aliphatic hydroxyl groups excluding tert-OH is 1. The molecule has 2 heterocycles. The second-order valence-corrected chi connectivity index (χ2v) is 13.9. The molecule has 0 saturated heterocycles. The normalized spacial score (nSPS) is 10.6. The van der Waals surface area contributed by atoms with E-state index in [1.165, 1.54) is 19.2 Å². The van der Waals surface area contributed by atoms with E-state index >= 15 is 0 Å². The smallest absolute Gasteiger partial charge is 0.247 e. The predicted molar refractivity (Wildman–Crippen MR) is 240 cm³/mol. The number of rotatable bonds is 19. The fourth-order valence-corrected chi connectivity index (χ4v) is 5.19. The molecule has 0 bridgehead atoms. The first-order valence-corrected chi connectivity index (χ1v) is 19.3. The van der Waals surface area contributed by atoms with Crippen molar-refractivity contribution >= 4 is 69.5 Å². The second-order valence-electron chi connectivity index (χ2n) is 13.9. The minimum atomic E-state index is -0.693. The van der Waals surface area contributed by atoms with Gasteiger partial charge in [-0.2, -0.15) is 9.97 Å². The molecule has 7 N–H and O–H groups in total. The topological polar surface area (TPSA) is 206 Å². The van der Waals surface area contributed by atoms with E-state index in [9.17, 15) is 27.9 Å². The highest BCUT2D eigenvalue weighted by molar-refractivity contribution is 5.99. The number of anilines is 10. The number of carbonyl (C=O) groups is 2. The first-order valence-electron chi connectivity index (χ1n) is 19.3. The van der Waals surface area contributed by atoms with Gasteiger partial charge < -0.3 is 51.2 Å². The largest absolute Gasteiger partial charge is 0.488 e. The van der Waals surface area contributed by atoms with E-state index in [4.69, 9.17) is 14.2 Å². The minimum Gasteiger partial charge on any atom is -0.488 e. The highest BCUT2D eigenvalue weighted by Gasteiger charge is 2.18. The number of hydrogen-bond acceptors (Lipinski definition) is 14. The van der Waals surface area contributed by atoms with Crippen LogP contribution in [0.3, 0.4) is 0 Å². The lowest BCUT2D eigenvalue weighted by Crippen LogP contribution is -2.32. The van der Waals surface area contributed by atoms with Crippen LogP contribution in [-0.4, -0.2) is 69.4 Å². The maximum absolute atomic E-state index is 14.3. The molecule has 0 aliphatic rings. The maximum Gasteiger partial charge on any atom is 0.247 e. The van der Waals surface area contributed by atoms with Gasteiger partial charge in [0, 0.05) is 47.3 Å². The number of methoxy groups -OCH3 is 1. The predicted octanol–water partition coefficient (Wildman–Crippen LogP) is 8.77. The molecule has 0 aliphatic heterocycles. The zero-order valence-electron chi connectivity index (χ0n) is 34.9. The van der Waals surface area contributed by atoms with Gasteiger partial charge in [-0.15, -0.1) is 0 Å². The number of aliphatic hydroxyl groups is 1. The van der Waals surface area contributed by atoms with Crippen molar-refractivity contribution < 1.29 is 42.1 Å². The van der Waals surface area contributed by atoms with Crippen molar-refractivity contribution in [3.63, 3.8) is 0 Å². The fourth-order valence-electron chi connectivity index (χ4n) is 5.19. The molecule has 0 atom stereocenters. The van der Waals surface area contributed by atoms with Crippen molar-refractivity contribution in [3.8, 4) is 11.5 Å². The Balaban J connectivity index is 0.000000241. The summed E-state index contributed by atoms with van der Waals surface area (Å²) >= 11 is 0. The highest BCUT2D eigenvalue weighted by atomic mass is 19.1. The van der Waals surface area contributed by atoms with Crippen molar-refractivity contribution in [2.75, 3.05) is 58.8 Å². The molecule has 2 aromatic heterocycles.